The maximum absolute atomic E-state index is 4.52. The van der Waals surface area contributed by atoms with E-state index in [1.165, 1.54) is 0 Å². The largest absolute Gasteiger partial charge is 0.218 e. The van der Waals surface area contributed by atoms with Gasteiger partial charge in [-0.2, -0.15) is 10.2 Å². The highest BCUT2D eigenvalue weighted by molar-refractivity contribution is 8.00. The van der Waals surface area contributed by atoms with Gasteiger partial charge in [0.25, 0.3) is 0 Å². The summed E-state index contributed by atoms with van der Waals surface area (Å²) in [7, 11) is 0. The molecule has 2 heterocycles. The van der Waals surface area contributed by atoms with Gasteiger partial charge in [-0.15, -0.1) is 10.2 Å². The molecule has 0 spiro atoms. The van der Waals surface area contributed by atoms with Crippen molar-refractivity contribution >= 4 is 23.5 Å². The van der Waals surface area contributed by atoms with Crippen LogP contribution in [0.3, 0.4) is 0 Å². The molecule has 2 rings (SSSR count). The summed E-state index contributed by atoms with van der Waals surface area (Å²) >= 11 is 3.14. The van der Waals surface area contributed by atoms with Gasteiger partial charge in [-0.05, 0) is 0 Å². The molecule has 0 aliphatic heterocycles. The molecule has 0 atom stereocenters. The number of thioether (sulfide) groups is 2. The second-order valence-electron chi connectivity index (χ2n) is 6.68. The molecule has 22 heavy (non-hydrogen) atoms. The average molecular weight is 336 g/mol. The van der Waals surface area contributed by atoms with E-state index >= 15 is 0 Å². The first-order valence-corrected chi connectivity index (χ1v) is 8.53. The third-order valence-corrected chi connectivity index (χ3v) is 4.07. The Morgan fingerprint density at radius 1 is 0.682 bits per heavy atom. The molecular formula is C14H20N6S2. The maximum atomic E-state index is 4.52. The number of aromatic nitrogens is 6. The monoisotopic (exact) mass is 336 g/mol. The summed E-state index contributed by atoms with van der Waals surface area (Å²) in [5.41, 5.74) is 1.32. The van der Waals surface area contributed by atoms with Crippen molar-refractivity contribution < 1.29 is 0 Å². The standard InChI is InChI=1S/C14H20N6S2/c1-13(2,3)21-11-17-9(7-15-19-11)10-8-16-20-12(18-10)22-14(4,5)6/h7-8H,1-6H3. The van der Waals surface area contributed by atoms with Crippen LogP contribution in [0.2, 0.25) is 0 Å². The topological polar surface area (TPSA) is 77.3 Å². The molecule has 2 aromatic heterocycles. The van der Waals surface area contributed by atoms with Gasteiger partial charge in [-0.3, -0.25) is 0 Å². The summed E-state index contributed by atoms with van der Waals surface area (Å²) in [4.78, 5) is 9.03. The normalized spacial score (nSPS) is 12.5. The van der Waals surface area contributed by atoms with Gasteiger partial charge in [0, 0.05) is 9.49 Å². The predicted octanol–water partition coefficient (Wildman–Crippen LogP) is 3.50. The first-order chi connectivity index (χ1) is 10.1. The van der Waals surface area contributed by atoms with E-state index in [0.29, 0.717) is 21.7 Å². The SMILES string of the molecule is CC(C)(C)Sc1nncc(-c2cnnc(SC(C)(C)C)n2)n1. The summed E-state index contributed by atoms with van der Waals surface area (Å²) in [6, 6.07) is 0. The molecular weight excluding hydrogens is 316 g/mol. The first-order valence-electron chi connectivity index (χ1n) is 6.90. The number of rotatable bonds is 3. The molecule has 0 unspecified atom stereocenters. The second-order valence-corrected chi connectivity index (χ2v) is 10.3. The molecule has 0 aliphatic carbocycles. The highest BCUT2D eigenvalue weighted by Crippen LogP contribution is 2.31. The van der Waals surface area contributed by atoms with Crippen molar-refractivity contribution in [3.8, 4) is 11.4 Å². The Kier molecular flexibility index (Phi) is 5.01. The van der Waals surface area contributed by atoms with Gasteiger partial charge in [0.2, 0.25) is 10.3 Å². The van der Waals surface area contributed by atoms with Crippen LogP contribution in [0.1, 0.15) is 41.5 Å². The van der Waals surface area contributed by atoms with Crippen molar-refractivity contribution in [2.75, 3.05) is 0 Å². The van der Waals surface area contributed by atoms with Gasteiger partial charge in [0.15, 0.2) is 0 Å². The molecule has 0 aliphatic rings. The van der Waals surface area contributed by atoms with E-state index in [1.54, 1.807) is 35.9 Å². The van der Waals surface area contributed by atoms with Crippen molar-refractivity contribution in [2.24, 2.45) is 0 Å². The highest BCUT2D eigenvalue weighted by atomic mass is 32.2. The lowest BCUT2D eigenvalue weighted by Crippen LogP contribution is -2.10. The van der Waals surface area contributed by atoms with Crippen LogP contribution >= 0.6 is 23.5 Å². The first kappa shape index (κ1) is 17.1. The van der Waals surface area contributed by atoms with Crippen LogP contribution in [0.15, 0.2) is 22.7 Å². The maximum Gasteiger partial charge on any atom is 0.210 e. The van der Waals surface area contributed by atoms with E-state index in [2.05, 4.69) is 71.9 Å². The fourth-order valence-electron chi connectivity index (χ4n) is 1.46. The van der Waals surface area contributed by atoms with Crippen LogP contribution in [0, 0.1) is 0 Å². The fraction of sp³-hybridized carbons (Fsp3) is 0.571. The van der Waals surface area contributed by atoms with Crippen LogP contribution in [0.25, 0.3) is 11.4 Å². The lowest BCUT2D eigenvalue weighted by atomic mass is 10.3. The smallest absolute Gasteiger partial charge is 0.210 e. The van der Waals surface area contributed by atoms with E-state index in [4.69, 9.17) is 0 Å². The minimum Gasteiger partial charge on any atom is -0.218 e. The van der Waals surface area contributed by atoms with Crippen LogP contribution in [0.5, 0.6) is 0 Å². The zero-order valence-electron chi connectivity index (χ0n) is 13.7. The van der Waals surface area contributed by atoms with E-state index < -0.39 is 0 Å². The fourth-order valence-corrected chi connectivity index (χ4v) is 3.01. The zero-order chi connectivity index (χ0) is 16.4. The molecule has 8 heteroatoms. The average Bonchev–Trinajstić information content (AvgIpc) is 2.35. The Labute approximate surface area is 139 Å². The molecule has 0 fully saturated rings. The lowest BCUT2D eigenvalue weighted by Gasteiger charge is -2.16. The third-order valence-electron chi connectivity index (χ3n) is 2.14. The molecule has 0 saturated carbocycles. The van der Waals surface area contributed by atoms with Gasteiger partial charge < -0.3 is 0 Å². The number of hydrogen-bond acceptors (Lipinski definition) is 8. The quantitative estimate of drug-likeness (QED) is 0.788. The molecule has 0 bridgehead atoms. The Hall–Kier alpha value is -1.28. The Balaban J connectivity index is 2.28. The summed E-state index contributed by atoms with van der Waals surface area (Å²) < 4.78 is 0.0505. The highest BCUT2D eigenvalue weighted by Gasteiger charge is 2.18. The second kappa shape index (κ2) is 6.45. The molecule has 0 amide bonds. The number of nitrogens with zero attached hydrogens (tertiary/aromatic N) is 6. The molecule has 2 aromatic rings. The van der Waals surface area contributed by atoms with E-state index in [-0.39, 0.29) is 9.49 Å². The summed E-state index contributed by atoms with van der Waals surface area (Å²) in [5.74, 6) is 0. The van der Waals surface area contributed by atoms with E-state index in [9.17, 15) is 0 Å². The van der Waals surface area contributed by atoms with Gasteiger partial charge in [-0.25, -0.2) is 9.97 Å². The minimum absolute atomic E-state index is 0.0253. The minimum atomic E-state index is 0.0253. The van der Waals surface area contributed by atoms with E-state index in [0.717, 1.165) is 0 Å². The Morgan fingerprint density at radius 2 is 1.05 bits per heavy atom. The Morgan fingerprint density at radius 3 is 1.36 bits per heavy atom. The van der Waals surface area contributed by atoms with Gasteiger partial charge in [-0.1, -0.05) is 65.1 Å². The zero-order valence-corrected chi connectivity index (χ0v) is 15.3. The Bertz CT molecular complexity index is 591. The molecule has 0 saturated heterocycles. The third kappa shape index (κ3) is 5.49. The lowest BCUT2D eigenvalue weighted by molar-refractivity contribution is 0.766. The number of hydrogen-bond donors (Lipinski definition) is 0. The molecule has 6 nitrogen and oxygen atoms in total. The molecule has 0 radical (unpaired) electrons. The van der Waals surface area contributed by atoms with Crippen molar-refractivity contribution in [3.05, 3.63) is 12.4 Å². The van der Waals surface area contributed by atoms with Crippen LogP contribution in [0.4, 0.5) is 0 Å². The van der Waals surface area contributed by atoms with Gasteiger partial charge in [0.1, 0.15) is 11.4 Å². The molecule has 0 aromatic carbocycles. The molecule has 0 N–H and O–H groups in total. The van der Waals surface area contributed by atoms with Gasteiger partial charge in [0.05, 0.1) is 12.4 Å². The van der Waals surface area contributed by atoms with Crippen molar-refractivity contribution in [3.63, 3.8) is 0 Å². The van der Waals surface area contributed by atoms with Crippen molar-refractivity contribution in [1.29, 1.82) is 0 Å². The van der Waals surface area contributed by atoms with Crippen LogP contribution in [-0.2, 0) is 0 Å². The summed E-state index contributed by atoms with van der Waals surface area (Å²) in [5, 5.41) is 17.4. The van der Waals surface area contributed by atoms with Crippen LogP contribution in [-0.4, -0.2) is 39.9 Å². The van der Waals surface area contributed by atoms with Crippen molar-refractivity contribution in [1.82, 2.24) is 30.4 Å². The molecule has 118 valence electrons. The van der Waals surface area contributed by atoms with E-state index in [1.807, 2.05) is 0 Å². The van der Waals surface area contributed by atoms with Crippen molar-refractivity contribution in [2.45, 2.75) is 61.3 Å². The summed E-state index contributed by atoms with van der Waals surface area (Å²) in [6.07, 6.45) is 3.20. The summed E-state index contributed by atoms with van der Waals surface area (Å²) in [6.45, 7) is 12.7. The van der Waals surface area contributed by atoms with Crippen LogP contribution < -0.4 is 0 Å². The predicted molar refractivity (Wildman–Crippen MR) is 89.9 cm³/mol. The van der Waals surface area contributed by atoms with Gasteiger partial charge >= 0.3 is 0 Å².